The maximum atomic E-state index is 8.01. The van der Waals surface area contributed by atoms with E-state index in [4.69, 9.17) is 9.10 Å². The summed E-state index contributed by atoms with van der Waals surface area (Å²) in [5.41, 5.74) is 4.77. The quantitative estimate of drug-likeness (QED) is 0.592. The highest BCUT2D eigenvalue weighted by Crippen LogP contribution is 2.31. The van der Waals surface area contributed by atoms with Gasteiger partial charge in [-0.1, -0.05) is 57.2 Å². The van der Waals surface area contributed by atoms with Gasteiger partial charge in [-0.25, -0.2) is 4.57 Å². The first-order valence-electron chi connectivity index (χ1n) is 10.1. The fourth-order valence-electron chi connectivity index (χ4n) is 2.96. The molecule has 0 radical (unpaired) electrons. The second-order valence-electron chi connectivity index (χ2n) is 7.58. The number of nitrogens with zero attached hydrogens (tertiary/aromatic N) is 2. The molecular formula is C23H27N2+. The molecule has 0 atom stereocenters. The minimum atomic E-state index is -2.18. The Morgan fingerprint density at radius 2 is 1.68 bits per heavy atom. The van der Waals surface area contributed by atoms with Gasteiger partial charge in [0.25, 0.3) is 0 Å². The summed E-state index contributed by atoms with van der Waals surface area (Å²) in [6, 6.07) is 15.5. The van der Waals surface area contributed by atoms with Crippen molar-refractivity contribution in [3.8, 4) is 22.5 Å². The molecule has 0 aliphatic heterocycles. The lowest BCUT2D eigenvalue weighted by atomic mass is 9.91. The summed E-state index contributed by atoms with van der Waals surface area (Å²) >= 11 is 0. The van der Waals surface area contributed by atoms with Gasteiger partial charge < -0.3 is 0 Å². The zero-order valence-electron chi connectivity index (χ0n) is 18.6. The zero-order valence-corrected chi connectivity index (χ0v) is 15.6. The molecule has 0 unspecified atom stereocenters. The van der Waals surface area contributed by atoms with Crippen LogP contribution in [0.25, 0.3) is 22.5 Å². The molecule has 0 N–H and O–H groups in total. The number of rotatable bonds is 2. The normalized spacial score (nSPS) is 13.9. The Labute approximate surface area is 155 Å². The average Bonchev–Trinajstić information content (AvgIpc) is 2.61. The standard InChI is InChI=1S/C23H27N2/c1-16-14-17(2)20(15-19(16)18-10-8-7-9-11-18)22-24-21(23(3,4)5)12-13-25(22)6/h7-15H,1-6H3/q+1/i1D3. The van der Waals surface area contributed by atoms with Crippen molar-refractivity contribution >= 4 is 0 Å². The van der Waals surface area contributed by atoms with Crippen molar-refractivity contribution in [3.05, 3.63) is 71.5 Å². The molecule has 3 aromatic rings. The molecule has 0 fully saturated rings. The molecular weight excluding hydrogens is 304 g/mol. The molecule has 0 amide bonds. The van der Waals surface area contributed by atoms with Crippen LogP contribution in [-0.4, -0.2) is 4.98 Å². The Balaban J connectivity index is 2.30. The van der Waals surface area contributed by atoms with Crippen LogP contribution in [0.5, 0.6) is 0 Å². The van der Waals surface area contributed by atoms with E-state index < -0.39 is 6.85 Å². The van der Waals surface area contributed by atoms with Gasteiger partial charge in [0, 0.05) is 15.6 Å². The van der Waals surface area contributed by atoms with Gasteiger partial charge in [-0.3, -0.25) is 0 Å². The topological polar surface area (TPSA) is 16.8 Å². The molecule has 0 saturated carbocycles. The van der Waals surface area contributed by atoms with Gasteiger partial charge in [0.05, 0.1) is 18.8 Å². The molecule has 3 rings (SSSR count). The van der Waals surface area contributed by atoms with Crippen molar-refractivity contribution in [2.24, 2.45) is 7.05 Å². The highest BCUT2D eigenvalue weighted by Gasteiger charge is 2.25. The Morgan fingerprint density at radius 3 is 2.32 bits per heavy atom. The third-order valence-corrected chi connectivity index (χ3v) is 4.48. The van der Waals surface area contributed by atoms with Crippen LogP contribution in [-0.2, 0) is 12.5 Å². The largest absolute Gasteiger partial charge is 0.330 e. The summed E-state index contributed by atoms with van der Waals surface area (Å²) in [4.78, 5) is 4.92. The van der Waals surface area contributed by atoms with E-state index in [1.165, 1.54) is 0 Å². The van der Waals surface area contributed by atoms with Crippen molar-refractivity contribution < 1.29 is 8.68 Å². The number of hydrogen-bond acceptors (Lipinski definition) is 1. The molecule has 0 saturated heterocycles. The van der Waals surface area contributed by atoms with E-state index in [0.29, 0.717) is 5.56 Å². The van der Waals surface area contributed by atoms with Crippen LogP contribution in [0.3, 0.4) is 0 Å². The monoisotopic (exact) mass is 334 g/mol. The van der Waals surface area contributed by atoms with Gasteiger partial charge in [0.15, 0.2) is 5.69 Å². The first-order valence-corrected chi connectivity index (χ1v) is 8.56. The lowest BCUT2D eigenvalue weighted by Gasteiger charge is -2.15. The number of benzene rings is 2. The molecule has 2 heteroatoms. The van der Waals surface area contributed by atoms with Crippen molar-refractivity contribution in [2.45, 2.75) is 40.0 Å². The zero-order chi connectivity index (χ0) is 20.7. The van der Waals surface area contributed by atoms with E-state index in [-0.39, 0.29) is 5.41 Å². The lowest BCUT2D eigenvalue weighted by Crippen LogP contribution is -2.33. The summed E-state index contributed by atoms with van der Waals surface area (Å²) in [7, 11) is 1.97. The van der Waals surface area contributed by atoms with Crippen LogP contribution in [0, 0.1) is 13.8 Å². The number of aryl methyl sites for hydroxylation is 3. The van der Waals surface area contributed by atoms with Gasteiger partial charge in [0.2, 0.25) is 0 Å². The third kappa shape index (κ3) is 3.48. The first-order chi connectivity index (χ1) is 13.0. The van der Waals surface area contributed by atoms with E-state index in [9.17, 15) is 0 Å². The van der Waals surface area contributed by atoms with Gasteiger partial charge >= 0.3 is 5.82 Å². The fraction of sp³-hybridized carbons (Fsp3) is 0.304. The lowest BCUT2D eigenvalue weighted by molar-refractivity contribution is -0.663. The first kappa shape index (κ1) is 13.8. The van der Waals surface area contributed by atoms with E-state index in [2.05, 4.69) is 20.8 Å². The van der Waals surface area contributed by atoms with E-state index in [1.54, 1.807) is 6.07 Å². The second-order valence-corrected chi connectivity index (χ2v) is 7.58. The van der Waals surface area contributed by atoms with E-state index >= 15 is 0 Å². The summed E-state index contributed by atoms with van der Waals surface area (Å²) in [6.45, 7) is 6.18. The fourth-order valence-corrected chi connectivity index (χ4v) is 2.96. The van der Waals surface area contributed by atoms with Gasteiger partial charge in [-0.15, -0.1) is 0 Å². The molecule has 2 aromatic carbocycles. The van der Waals surface area contributed by atoms with Crippen LogP contribution in [0.1, 0.15) is 41.7 Å². The molecule has 1 heterocycles. The van der Waals surface area contributed by atoms with Gasteiger partial charge in [-0.05, 0) is 47.1 Å². The third-order valence-electron chi connectivity index (χ3n) is 4.48. The average molecular weight is 335 g/mol. The Bertz CT molecular complexity index is 1000. The Kier molecular flexibility index (Phi) is 3.55. The maximum absolute atomic E-state index is 8.01. The van der Waals surface area contributed by atoms with Crippen molar-refractivity contribution in [1.29, 1.82) is 0 Å². The molecule has 1 aromatic heterocycles. The minimum absolute atomic E-state index is 0.0716. The highest BCUT2D eigenvalue weighted by molar-refractivity contribution is 5.74. The molecule has 0 aliphatic rings. The SMILES string of the molecule is [2H]C([2H])([2H])c1cc(C)c(-c2nc(C(C)(C)C)cc[n+]2C)cc1-c1ccccc1. The van der Waals surface area contributed by atoms with Crippen molar-refractivity contribution in [1.82, 2.24) is 4.98 Å². The molecule has 25 heavy (non-hydrogen) atoms. The molecule has 128 valence electrons. The number of aromatic nitrogens is 2. The van der Waals surface area contributed by atoms with Crippen LogP contribution in [0.15, 0.2) is 54.7 Å². The Hall–Kier alpha value is -2.48. The summed E-state index contributed by atoms with van der Waals surface area (Å²) < 4.78 is 26.0. The van der Waals surface area contributed by atoms with Crippen LogP contribution >= 0.6 is 0 Å². The van der Waals surface area contributed by atoms with Gasteiger partial charge in [-0.2, -0.15) is 0 Å². The summed E-state index contributed by atoms with van der Waals surface area (Å²) in [6.07, 6.45) is 2.02. The van der Waals surface area contributed by atoms with Crippen molar-refractivity contribution in [3.63, 3.8) is 0 Å². The molecule has 2 nitrogen and oxygen atoms in total. The molecule has 0 spiro atoms. The van der Waals surface area contributed by atoms with E-state index in [0.717, 1.165) is 33.8 Å². The smallest absolute Gasteiger partial charge is 0.233 e. The highest BCUT2D eigenvalue weighted by atomic mass is 15.0. The van der Waals surface area contributed by atoms with Crippen LogP contribution in [0.4, 0.5) is 0 Å². The van der Waals surface area contributed by atoms with Gasteiger partial charge in [0.1, 0.15) is 0 Å². The minimum Gasteiger partial charge on any atom is -0.233 e. The number of hydrogen-bond donors (Lipinski definition) is 0. The summed E-state index contributed by atoms with van der Waals surface area (Å²) in [5.74, 6) is 0.833. The van der Waals surface area contributed by atoms with Crippen LogP contribution < -0.4 is 4.57 Å². The predicted molar refractivity (Wildman–Crippen MR) is 104 cm³/mol. The van der Waals surface area contributed by atoms with Crippen molar-refractivity contribution in [2.75, 3.05) is 0 Å². The summed E-state index contributed by atoms with van der Waals surface area (Å²) in [5, 5.41) is 0. The predicted octanol–water partition coefficient (Wildman–Crippen LogP) is 5.15. The molecule has 0 bridgehead atoms. The van der Waals surface area contributed by atoms with Crippen LogP contribution in [0.2, 0.25) is 0 Å². The molecule has 0 aliphatic carbocycles. The Morgan fingerprint density at radius 1 is 0.960 bits per heavy atom. The second kappa shape index (κ2) is 6.44. The van der Waals surface area contributed by atoms with E-state index in [1.807, 2.05) is 67.2 Å². The maximum Gasteiger partial charge on any atom is 0.330 e.